The Labute approximate surface area is 79.5 Å². The Morgan fingerprint density at radius 3 is 2.21 bits per heavy atom. The van der Waals surface area contributed by atoms with Gasteiger partial charge < -0.3 is 29.9 Å². The summed E-state index contributed by atoms with van der Waals surface area (Å²) < 4.78 is 9.31. The van der Waals surface area contributed by atoms with Gasteiger partial charge in [-0.3, -0.25) is 0 Å². The maximum absolute atomic E-state index is 10.5. The first-order chi connectivity index (χ1) is 6.49. The maximum Gasteiger partial charge on any atom is 0.335 e. The molecule has 1 aliphatic rings. The van der Waals surface area contributed by atoms with Gasteiger partial charge in [0.25, 0.3) is 0 Å². The number of ether oxygens (including phenoxy) is 2. The van der Waals surface area contributed by atoms with E-state index in [1.165, 1.54) is 7.11 Å². The van der Waals surface area contributed by atoms with Gasteiger partial charge in [-0.15, -0.1) is 0 Å². The number of rotatable bonds is 2. The molecule has 0 aromatic heterocycles. The molecule has 0 aromatic rings. The maximum atomic E-state index is 10.5. The minimum absolute atomic E-state index is 1.19. The van der Waals surface area contributed by atoms with Crippen LogP contribution in [0.15, 0.2) is 0 Å². The van der Waals surface area contributed by atoms with E-state index in [9.17, 15) is 20.1 Å². The van der Waals surface area contributed by atoms with Crippen molar-refractivity contribution in [2.24, 2.45) is 0 Å². The summed E-state index contributed by atoms with van der Waals surface area (Å²) >= 11 is 0. The van der Waals surface area contributed by atoms with Gasteiger partial charge in [-0.25, -0.2) is 4.79 Å². The third-order valence-electron chi connectivity index (χ3n) is 2.05. The quantitative estimate of drug-likeness (QED) is 0.397. The van der Waals surface area contributed by atoms with Crippen LogP contribution in [-0.2, 0) is 14.3 Å². The normalized spacial score (nSPS) is 43.6. The van der Waals surface area contributed by atoms with Gasteiger partial charge in [0.1, 0.15) is 18.3 Å². The molecule has 1 fully saturated rings. The Bertz CT molecular complexity index is 216. The van der Waals surface area contributed by atoms with Crippen LogP contribution in [-0.4, -0.2) is 64.2 Å². The third-order valence-corrected chi connectivity index (χ3v) is 2.05. The number of carboxylic acid groups (broad SMARTS) is 1. The summed E-state index contributed by atoms with van der Waals surface area (Å²) in [5.74, 6) is -1.43. The number of aliphatic hydroxyl groups is 3. The smallest absolute Gasteiger partial charge is 0.335 e. The summed E-state index contributed by atoms with van der Waals surface area (Å²) in [6.45, 7) is 0. The van der Waals surface area contributed by atoms with E-state index in [4.69, 9.17) is 9.84 Å². The second kappa shape index (κ2) is 4.20. The molecule has 1 heterocycles. The predicted molar refractivity (Wildman–Crippen MR) is 41.3 cm³/mol. The summed E-state index contributed by atoms with van der Waals surface area (Å²) in [5.41, 5.74) is 0. The topological polar surface area (TPSA) is 116 Å². The van der Waals surface area contributed by atoms with E-state index in [1.54, 1.807) is 0 Å². The van der Waals surface area contributed by atoms with Gasteiger partial charge in [0, 0.05) is 7.11 Å². The van der Waals surface area contributed by atoms with E-state index in [0.29, 0.717) is 0 Å². The summed E-state index contributed by atoms with van der Waals surface area (Å²) in [5, 5.41) is 36.3. The lowest BCUT2D eigenvalue weighted by atomic mass is 9.99. The molecule has 0 spiro atoms. The largest absolute Gasteiger partial charge is 0.479 e. The van der Waals surface area contributed by atoms with Gasteiger partial charge in [-0.1, -0.05) is 0 Å². The van der Waals surface area contributed by atoms with Crippen LogP contribution in [0.1, 0.15) is 0 Å². The highest BCUT2D eigenvalue weighted by Crippen LogP contribution is 2.21. The van der Waals surface area contributed by atoms with Crippen molar-refractivity contribution in [3.8, 4) is 0 Å². The fourth-order valence-corrected chi connectivity index (χ4v) is 1.25. The van der Waals surface area contributed by atoms with Gasteiger partial charge in [0.15, 0.2) is 12.4 Å². The van der Waals surface area contributed by atoms with E-state index < -0.39 is 36.7 Å². The fourth-order valence-electron chi connectivity index (χ4n) is 1.25. The van der Waals surface area contributed by atoms with Crippen LogP contribution >= 0.6 is 0 Å². The summed E-state index contributed by atoms with van der Waals surface area (Å²) in [6.07, 6.45) is -7.60. The van der Waals surface area contributed by atoms with Crippen LogP contribution in [0.5, 0.6) is 0 Å². The van der Waals surface area contributed by atoms with Crippen LogP contribution in [0.3, 0.4) is 0 Å². The molecule has 7 heteroatoms. The van der Waals surface area contributed by atoms with Crippen molar-refractivity contribution in [2.45, 2.75) is 30.7 Å². The standard InChI is InChI=1S/C7H12O7/c1-13-7-4(10)2(8)3(9)5(14-7)6(11)12/h2-5,7-10H,1H3,(H,11,12)/t2-,3-,4+,5+,7+/m1/s1. The molecule has 5 atom stereocenters. The number of aliphatic carboxylic acids is 1. The first-order valence-electron chi connectivity index (χ1n) is 3.94. The molecule has 0 bridgehead atoms. The predicted octanol–water partition coefficient (Wildman–Crippen LogP) is -2.47. The molecule has 0 unspecified atom stereocenters. The number of methoxy groups -OCH3 is 1. The number of carbonyl (C=O) groups is 1. The highest BCUT2D eigenvalue weighted by Gasteiger charge is 2.46. The van der Waals surface area contributed by atoms with Gasteiger partial charge in [0.05, 0.1) is 0 Å². The minimum Gasteiger partial charge on any atom is -0.479 e. The fraction of sp³-hybridized carbons (Fsp3) is 0.857. The van der Waals surface area contributed by atoms with Crippen molar-refractivity contribution in [2.75, 3.05) is 7.11 Å². The Balaban J connectivity index is 2.78. The lowest BCUT2D eigenvalue weighted by Gasteiger charge is -2.37. The van der Waals surface area contributed by atoms with E-state index in [2.05, 4.69) is 4.74 Å². The first kappa shape index (κ1) is 11.3. The Morgan fingerprint density at radius 2 is 1.79 bits per heavy atom. The second-order valence-corrected chi connectivity index (χ2v) is 2.97. The first-order valence-corrected chi connectivity index (χ1v) is 3.94. The number of carboxylic acids is 1. The Morgan fingerprint density at radius 1 is 1.21 bits per heavy atom. The van der Waals surface area contributed by atoms with Crippen LogP contribution < -0.4 is 0 Å². The van der Waals surface area contributed by atoms with Gasteiger partial charge in [-0.05, 0) is 0 Å². The number of aliphatic hydroxyl groups excluding tert-OH is 3. The minimum atomic E-state index is -1.67. The van der Waals surface area contributed by atoms with Crippen molar-refractivity contribution in [1.82, 2.24) is 0 Å². The van der Waals surface area contributed by atoms with E-state index in [0.717, 1.165) is 0 Å². The summed E-state index contributed by atoms with van der Waals surface area (Å²) in [6, 6.07) is 0. The molecule has 0 amide bonds. The molecule has 1 rings (SSSR count). The Kier molecular flexibility index (Phi) is 3.40. The molecule has 0 radical (unpaired) electrons. The average Bonchev–Trinajstić information content (AvgIpc) is 2.14. The van der Waals surface area contributed by atoms with Crippen LogP contribution in [0, 0.1) is 0 Å². The van der Waals surface area contributed by atoms with Crippen LogP contribution in [0.4, 0.5) is 0 Å². The molecule has 0 aliphatic carbocycles. The van der Waals surface area contributed by atoms with Crippen molar-refractivity contribution in [3.63, 3.8) is 0 Å². The monoisotopic (exact) mass is 208 g/mol. The number of hydrogen-bond donors (Lipinski definition) is 4. The molecule has 7 nitrogen and oxygen atoms in total. The average molecular weight is 208 g/mol. The van der Waals surface area contributed by atoms with Gasteiger partial charge in [-0.2, -0.15) is 0 Å². The van der Waals surface area contributed by atoms with Crippen LogP contribution in [0.2, 0.25) is 0 Å². The van der Waals surface area contributed by atoms with E-state index >= 15 is 0 Å². The van der Waals surface area contributed by atoms with E-state index in [-0.39, 0.29) is 0 Å². The molecular weight excluding hydrogens is 196 g/mol. The van der Waals surface area contributed by atoms with Crippen molar-refractivity contribution < 1.29 is 34.7 Å². The number of hydrogen-bond acceptors (Lipinski definition) is 6. The van der Waals surface area contributed by atoms with Crippen molar-refractivity contribution >= 4 is 5.97 Å². The zero-order valence-electron chi connectivity index (χ0n) is 7.40. The lowest BCUT2D eigenvalue weighted by molar-refractivity contribution is -0.287. The molecule has 0 saturated carbocycles. The summed E-state index contributed by atoms with van der Waals surface area (Å²) in [7, 11) is 1.19. The molecule has 14 heavy (non-hydrogen) atoms. The molecule has 0 aromatic carbocycles. The molecular formula is C7H12O7. The van der Waals surface area contributed by atoms with Crippen molar-refractivity contribution in [1.29, 1.82) is 0 Å². The highest BCUT2D eigenvalue weighted by atomic mass is 16.7. The van der Waals surface area contributed by atoms with Crippen LogP contribution in [0.25, 0.3) is 0 Å². The lowest BCUT2D eigenvalue weighted by Crippen LogP contribution is -2.60. The zero-order valence-corrected chi connectivity index (χ0v) is 7.40. The molecule has 1 saturated heterocycles. The van der Waals surface area contributed by atoms with Gasteiger partial charge in [0.2, 0.25) is 0 Å². The molecule has 1 aliphatic heterocycles. The molecule has 82 valence electrons. The summed E-state index contributed by atoms with van der Waals surface area (Å²) in [4.78, 5) is 10.5. The highest BCUT2D eigenvalue weighted by molar-refractivity contribution is 5.73. The third kappa shape index (κ3) is 1.86. The van der Waals surface area contributed by atoms with E-state index in [1.807, 2.05) is 0 Å². The Hall–Kier alpha value is -0.730. The zero-order chi connectivity index (χ0) is 10.9. The SMILES string of the molecule is CO[C@H]1O[C@H](C(=O)O)[C@H](O)[C@@H](O)[C@@H]1O. The second-order valence-electron chi connectivity index (χ2n) is 2.97. The molecule has 4 N–H and O–H groups in total. The van der Waals surface area contributed by atoms with Crippen molar-refractivity contribution in [3.05, 3.63) is 0 Å². The van der Waals surface area contributed by atoms with Gasteiger partial charge >= 0.3 is 5.97 Å².